The van der Waals surface area contributed by atoms with Gasteiger partial charge in [0.2, 0.25) is 0 Å². The van der Waals surface area contributed by atoms with Crippen LogP contribution in [0.25, 0.3) is 10.8 Å². The highest BCUT2D eigenvalue weighted by Gasteiger charge is 2.17. The lowest BCUT2D eigenvalue weighted by Crippen LogP contribution is -2.26. The molecular formula is C15H16ClN. The van der Waals surface area contributed by atoms with Gasteiger partial charge in [0.1, 0.15) is 0 Å². The monoisotopic (exact) mass is 245 g/mol. The maximum Gasteiger partial charge on any atom is 0.0484 e. The molecule has 1 heterocycles. The van der Waals surface area contributed by atoms with E-state index in [2.05, 4.69) is 35.6 Å². The van der Waals surface area contributed by atoms with E-state index in [1.807, 2.05) is 6.07 Å². The largest absolute Gasteiger partial charge is 0.317 e. The lowest BCUT2D eigenvalue weighted by Gasteiger charge is -2.24. The normalized spacial score (nSPS) is 17.5. The van der Waals surface area contributed by atoms with E-state index >= 15 is 0 Å². The molecule has 2 heteroatoms. The Hall–Kier alpha value is -1.05. The van der Waals surface area contributed by atoms with Crippen LogP contribution in [-0.4, -0.2) is 13.1 Å². The SMILES string of the molecule is Clc1ccc(C2CCNCC2)c2ccccc12. The van der Waals surface area contributed by atoms with Crippen LogP contribution >= 0.6 is 11.6 Å². The number of hydrogen-bond donors (Lipinski definition) is 1. The van der Waals surface area contributed by atoms with E-state index in [9.17, 15) is 0 Å². The second-order valence-corrected chi connectivity index (χ2v) is 5.11. The summed E-state index contributed by atoms with van der Waals surface area (Å²) in [5.41, 5.74) is 1.46. The van der Waals surface area contributed by atoms with Gasteiger partial charge >= 0.3 is 0 Å². The van der Waals surface area contributed by atoms with Gasteiger partial charge in [0, 0.05) is 10.4 Å². The Bertz CT molecular complexity index is 529. The Kier molecular flexibility index (Phi) is 3.04. The highest BCUT2D eigenvalue weighted by Crippen LogP contribution is 2.34. The molecule has 1 N–H and O–H groups in total. The van der Waals surface area contributed by atoms with Gasteiger partial charge in [0.25, 0.3) is 0 Å². The molecule has 0 atom stereocenters. The second-order valence-electron chi connectivity index (χ2n) is 4.71. The molecule has 1 fully saturated rings. The maximum atomic E-state index is 6.26. The fraction of sp³-hybridized carbons (Fsp3) is 0.333. The van der Waals surface area contributed by atoms with Crippen molar-refractivity contribution in [2.45, 2.75) is 18.8 Å². The summed E-state index contributed by atoms with van der Waals surface area (Å²) in [5.74, 6) is 0.679. The number of benzene rings is 2. The Balaban J connectivity index is 2.12. The molecule has 0 aliphatic carbocycles. The van der Waals surface area contributed by atoms with Crippen molar-refractivity contribution in [3.05, 3.63) is 47.0 Å². The summed E-state index contributed by atoms with van der Waals surface area (Å²) >= 11 is 6.26. The van der Waals surface area contributed by atoms with Gasteiger partial charge in [-0.1, -0.05) is 41.9 Å². The molecule has 1 saturated heterocycles. The Morgan fingerprint density at radius 3 is 2.41 bits per heavy atom. The second kappa shape index (κ2) is 4.67. The van der Waals surface area contributed by atoms with Gasteiger partial charge in [0.05, 0.1) is 0 Å². The molecule has 88 valence electrons. The van der Waals surface area contributed by atoms with Crippen molar-refractivity contribution in [2.75, 3.05) is 13.1 Å². The minimum absolute atomic E-state index is 0.679. The maximum absolute atomic E-state index is 6.26. The lowest BCUT2D eigenvalue weighted by molar-refractivity contribution is 0.462. The molecule has 0 bridgehead atoms. The van der Waals surface area contributed by atoms with Gasteiger partial charge in [-0.25, -0.2) is 0 Å². The third-order valence-corrected chi connectivity index (χ3v) is 4.01. The van der Waals surface area contributed by atoms with Crippen molar-refractivity contribution >= 4 is 22.4 Å². The fourth-order valence-corrected chi connectivity index (χ4v) is 3.00. The molecular weight excluding hydrogens is 230 g/mol. The van der Waals surface area contributed by atoms with Crippen LogP contribution in [0.15, 0.2) is 36.4 Å². The van der Waals surface area contributed by atoms with Crippen LogP contribution in [0, 0.1) is 0 Å². The number of hydrogen-bond acceptors (Lipinski definition) is 1. The first-order chi connectivity index (χ1) is 8.36. The molecule has 1 aliphatic rings. The van der Waals surface area contributed by atoms with Gasteiger partial charge in [-0.15, -0.1) is 0 Å². The average Bonchev–Trinajstić information content (AvgIpc) is 2.41. The fourth-order valence-electron chi connectivity index (χ4n) is 2.77. The number of rotatable bonds is 1. The van der Waals surface area contributed by atoms with Gasteiger partial charge < -0.3 is 5.32 Å². The summed E-state index contributed by atoms with van der Waals surface area (Å²) in [5, 5.41) is 6.79. The molecule has 0 radical (unpaired) electrons. The summed E-state index contributed by atoms with van der Waals surface area (Å²) < 4.78 is 0. The third kappa shape index (κ3) is 2.05. The van der Waals surface area contributed by atoms with Crippen LogP contribution in [0.1, 0.15) is 24.3 Å². The first-order valence-electron chi connectivity index (χ1n) is 6.24. The van der Waals surface area contributed by atoms with E-state index in [4.69, 9.17) is 11.6 Å². The Labute approximate surface area is 107 Å². The lowest BCUT2D eigenvalue weighted by atomic mass is 9.87. The highest BCUT2D eigenvalue weighted by molar-refractivity contribution is 6.35. The van der Waals surface area contributed by atoms with Crippen molar-refractivity contribution in [3.63, 3.8) is 0 Å². The molecule has 1 nitrogen and oxygen atoms in total. The molecule has 0 amide bonds. The van der Waals surface area contributed by atoms with Crippen molar-refractivity contribution in [3.8, 4) is 0 Å². The number of nitrogens with one attached hydrogen (secondary N) is 1. The van der Waals surface area contributed by atoms with Crippen LogP contribution in [-0.2, 0) is 0 Å². The van der Waals surface area contributed by atoms with Gasteiger partial charge in [-0.2, -0.15) is 0 Å². The van der Waals surface area contributed by atoms with Crippen molar-refractivity contribution < 1.29 is 0 Å². The standard InChI is InChI=1S/C15H16ClN/c16-15-6-5-12(11-7-9-17-10-8-11)13-3-1-2-4-14(13)15/h1-6,11,17H,7-10H2. The van der Waals surface area contributed by atoms with Crippen molar-refractivity contribution in [2.24, 2.45) is 0 Å². The average molecular weight is 246 g/mol. The summed E-state index contributed by atoms with van der Waals surface area (Å²) in [7, 11) is 0. The Morgan fingerprint density at radius 2 is 1.65 bits per heavy atom. The predicted octanol–water partition coefficient (Wildman–Crippen LogP) is 3.96. The highest BCUT2D eigenvalue weighted by atomic mass is 35.5. The molecule has 0 aromatic heterocycles. The van der Waals surface area contributed by atoms with Gasteiger partial charge in [-0.3, -0.25) is 0 Å². The summed E-state index contributed by atoms with van der Waals surface area (Å²) in [6.45, 7) is 2.25. The number of piperidine rings is 1. The van der Waals surface area contributed by atoms with Crippen LogP contribution < -0.4 is 5.32 Å². The minimum Gasteiger partial charge on any atom is -0.317 e. The van der Waals surface area contributed by atoms with E-state index in [1.165, 1.54) is 29.2 Å². The van der Waals surface area contributed by atoms with Crippen molar-refractivity contribution in [1.82, 2.24) is 5.32 Å². The van der Waals surface area contributed by atoms with Gasteiger partial charge in [-0.05, 0) is 48.9 Å². The summed E-state index contributed by atoms with van der Waals surface area (Å²) in [6.07, 6.45) is 2.46. The van der Waals surface area contributed by atoms with Crippen LogP contribution in [0.3, 0.4) is 0 Å². The molecule has 17 heavy (non-hydrogen) atoms. The van der Waals surface area contributed by atoms with Crippen molar-refractivity contribution in [1.29, 1.82) is 0 Å². The first kappa shape index (κ1) is 11.1. The number of fused-ring (bicyclic) bond motifs is 1. The molecule has 0 spiro atoms. The van der Waals surface area contributed by atoms with E-state index in [1.54, 1.807) is 0 Å². The zero-order chi connectivity index (χ0) is 11.7. The van der Waals surface area contributed by atoms with E-state index in [0.29, 0.717) is 5.92 Å². The molecule has 2 aromatic carbocycles. The first-order valence-corrected chi connectivity index (χ1v) is 6.62. The van der Waals surface area contributed by atoms with E-state index < -0.39 is 0 Å². The zero-order valence-electron chi connectivity index (χ0n) is 9.75. The van der Waals surface area contributed by atoms with E-state index in [-0.39, 0.29) is 0 Å². The molecule has 2 aromatic rings. The van der Waals surface area contributed by atoms with Crippen LogP contribution in [0.5, 0.6) is 0 Å². The Morgan fingerprint density at radius 1 is 0.941 bits per heavy atom. The van der Waals surface area contributed by atoms with Gasteiger partial charge in [0.15, 0.2) is 0 Å². The summed E-state index contributed by atoms with van der Waals surface area (Å²) in [6, 6.07) is 12.7. The van der Waals surface area contributed by atoms with E-state index in [0.717, 1.165) is 18.1 Å². The van der Waals surface area contributed by atoms with Crippen LogP contribution in [0.2, 0.25) is 5.02 Å². The number of halogens is 1. The predicted molar refractivity (Wildman–Crippen MR) is 73.8 cm³/mol. The quantitative estimate of drug-likeness (QED) is 0.802. The smallest absolute Gasteiger partial charge is 0.0484 e. The third-order valence-electron chi connectivity index (χ3n) is 3.68. The zero-order valence-corrected chi connectivity index (χ0v) is 10.5. The minimum atomic E-state index is 0.679. The topological polar surface area (TPSA) is 12.0 Å². The molecule has 0 saturated carbocycles. The molecule has 1 aliphatic heterocycles. The summed E-state index contributed by atoms with van der Waals surface area (Å²) in [4.78, 5) is 0. The van der Waals surface area contributed by atoms with Crippen LogP contribution in [0.4, 0.5) is 0 Å². The molecule has 0 unspecified atom stereocenters. The molecule has 3 rings (SSSR count).